The second-order valence-corrected chi connectivity index (χ2v) is 10.4. The minimum Gasteiger partial charge on any atom is -0.350 e. The Labute approximate surface area is 214 Å². The highest BCUT2D eigenvalue weighted by Gasteiger charge is 2.32. The average molecular weight is 491 g/mol. The molecule has 0 aromatic heterocycles. The first kappa shape index (κ1) is 26.5. The number of halogens is 1. The molecule has 3 aromatic carbocycles. The van der Waals surface area contributed by atoms with E-state index in [1.54, 1.807) is 4.90 Å². The number of hydrogen-bond donors (Lipinski definition) is 1. The highest BCUT2D eigenvalue weighted by Crippen LogP contribution is 2.21. The third kappa shape index (κ3) is 7.97. The molecule has 0 fully saturated rings. The lowest BCUT2D eigenvalue weighted by Crippen LogP contribution is -2.54. The first-order valence-electron chi connectivity index (χ1n) is 12.1. The van der Waals surface area contributed by atoms with Crippen LogP contribution < -0.4 is 5.32 Å². The Balaban J connectivity index is 1.95. The molecule has 4 nitrogen and oxygen atoms in total. The van der Waals surface area contributed by atoms with Crippen LogP contribution in [0.15, 0.2) is 78.9 Å². The quantitative estimate of drug-likeness (QED) is 0.392. The number of nitrogens with zero attached hydrogens (tertiary/aromatic N) is 1. The number of carbonyl (C=O) groups excluding carboxylic acids is 2. The summed E-state index contributed by atoms with van der Waals surface area (Å²) in [6.45, 7) is 8.26. The largest absolute Gasteiger partial charge is 0.350 e. The fourth-order valence-corrected chi connectivity index (χ4v) is 4.29. The molecule has 0 saturated carbocycles. The van der Waals surface area contributed by atoms with Crippen molar-refractivity contribution >= 4 is 23.4 Å². The summed E-state index contributed by atoms with van der Waals surface area (Å²) in [4.78, 5) is 29.1. The Kier molecular flexibility index (Phi) is 9.11. The maximum atomic E-state index is 13.7. The van der Waals surface area contributed by atoms with E-state index in [0.29, 0.717) is 24.4 Å². The summed E-state index contributed by atoms with van der Waals surface area (Å²) in [6, 6.07) is 24.8. The number of amides is 2. The molecule has 35 heavy (non-hydrogen) atoms. The molecule has 3 rings (SSSR count). The molecule has 0 unspecified atom stereocenters. The van der Waals surface area contributed by atoms with Crippen LogP contribution in [0, 0.1) is 6.92 Å². The van der Waals surface area contributed by atoms with Crippen LogP contribution in [0.2, 0.25) is 5.02 Å². The van der Waals surface area contributed by atoms with Crippen molar-refractivity contribution in [2.45, 2.75) is 65.1 Å². The summed E-state index contributed by atoms with van der Waals surface area (Å²) in [5.74, 6) is -0.223. The van der Waals surface area contributed by atoms with Crippen LogP contribution in [0.5, 0.6) is 0 Å². The van der Waals surface area contributed by atoms with Gasteiger partial charge in [-0.1, -0.05) is 84.4 Å². The van der Waals surface area contributed by atoms with Crippen molar-refractivity contribution in [1.82, 2.24) is 10.2 Å². The number of benzene rings is 3. The van der Waals surface area contributed by atoms with E-state index in [0.717, 1.165) is 22.3 Å². The highest BCUT2D eigenvalue weighted by molar-refractivity contribution is 6.31. The summed E-state index contributed by atoms with van der Waals surface area (Å²) in [7, 11) is 0. The first-order chi connectivity index (χ1) is 16.6. The zero-order valence-electron chi connectivity index (χ0n) is 21.1. The van der Waals surface area contributed by atoms with E-state index in [4.69, 9.17) is 11.6 Å². The molecule has 184 valence electrons. The van der Waals surface area contributed by atoms with E-state index >= 15 is 0 Å². The topological polar surface area (TPSA) is 49.4 Å². The molecular formula is C30H35ClN2O2. The Morgan fingerprint density at radius 3 is 2.11 bits per heavy atom. The zero-order chi connectivity index (χ0) is 25.4. The molecular weight excluding hydrogens is 456 g/mol. The van der Waals surface area contributed by atoms with Crippen LogP contribution >= 0.6 is 11.6 Å². The van der Waals surface area contributed by atoms with Gasteiger partial charge in [-0.25, -0.2) is 0 Å². The van der Waals surface area contributed by atoms with Gasteiger partial charge in [-0.3, -0.25) is 9.59 Å². The molecule has 0 radical (unpaired) electrons. The van der Waals surface area contributed by atoms with Gasteiger partial charge < -0.3 is 10.2 Å². The number of carbonyl (C=O) groups is 2. The van der Waals surface area contributed by atoms with Gasteiger partial charge in [-0.05, 0) is 62.4 Å². The van der Waals surface area contributed by atoms with Crippen LogP contribution in [0.4, 0.5) is 0 Å². The van der Waals surface area contributed by atoms with E-state index < -0.39 is 11.6 Å². The molecule has 2 amide bonds. The van der Waals surface area contributed by atoms with Crippen molar-refractivity contribution in [3.8, 4) is 0 Å². The minimum absolute atomic E-state index is 0.0711. The van der Waals surface area contributed by atoms with Gasteiger partial charge >= 0.3 is 0 Å². The first-order valence-corrected chi connectivity index (χ1v) is 12.4. The molecule has 0 aliphatic carbocycles. The Bertz CT molecular complexity index is 1140. The normalized spacial score (nSPS) is 12.1. The summed E-state index contributed by atoms with van der Waals surface area (Å²) in [5, 5.41) is 3.75. The molecule has 3 aromatic rings. The van der Waals surface area contributed by atoms with E-state index in [-0.39, 0.29) is 18.2 Å². The smallest absolute Gasteiger partial charge is 0.243 e. The van der Waals surface area contributed by atoms with Gasteiger partial charge in [0.15, 0.2) is 0 Å². The van der Waals surface area contributed by atoms with Crippen molar-refractivity contribution in [3.63, 3.8) is 0 Å². The summed E-state index contributed by atoms with van der Waals surface area (Å²) in [6.07, 6.45) is 1.22. The number of rotatable bonds is 9. The van der Waals surface area contributed by atoms with Gasteiger partial charge in [-0.2, -0.15) is 0 Å². The molecule has 0 aliphatic rings. The van der Waals surface area contributed by atoms with E-state index in [1.807, 2.05) is 107 Å². The van der Waals surface area contributed by atoms with Gasteiger partial charge in [0.05, 0.1) is 0 Å². The summed E-state index contributed by atoms with van der Waals surface area (Å²) in [5.41, 5.74) is 3.64. The molecule has 1 atom stereocenters. The Morgan fingerprint density at radius 2 is 1.49 bits per heavy atom. The van der Waals surface area contributed by atoms with Crippen molar-refractivity contribution in [2.75, 3.05) is 0 Å². The van der Waals surface area contributed by atoms with Crippen LogP contribution in [0.3, 0.4) is 0 Å². The van der Waals surface area contributed by atoms with Gasteiger partial charge in [0.2, 0.25) is 11.8 Å². The van der Waals surface area contributed by atoms with E-state index in [2.05, 4.69) is 5.32 Å². The standard InChI is InChI=1S/C30H35ClN2O2/c1-22-12-8-9-16-25(22)21-33(28(34)19-18-24-15-10-11-17-26(24)31)27(29(35)32-30(2,3)4)20-23-13-6-5-7-14-23/h5-17,27H,18-21H2,1-4H3,(H,32,35)/t27-/m0/s1. The lowest BCUT2D eigenvalue weighted by Gasteiger charge is -2.34. The fraction of sp³-hybridized carbons (Fsp3) is 0.333. The second-order valence-electron chi connectivity index (χ2n) is 9.98. The van der Waals surface area contributed by atoms with Crippen molar-refractivity contribution < 1.29 is 9.59 Å². The predicted octanol–water partition coefficient (Wildman–Crippen LogP) is 6.14. The molecule has 0 bridgehead atoms. The van der Waals surface area contributed by atoms with Crippen LogP contribution in [0.25, 0.3) is 0 Å². The van der Waals surface area contributed by atoms with Crippen molar-refractivity contribution in [3.05, 3.63) is 106 Å². The molecule has 1 N–H and O–H groups in total. The van der Waals surface area contributed by atoms with Crippen molar-refractivity contribution in [2.24, 2.45) is 0 Å². The van der Waals surface area contributed by atoms with Crippen LogP contribution in [-0.4, -0.2) is 28.3 Å². The third-order valence-electron chi connectivity index (χ3n) is 5.94. The SMILES string of the molecule is Cc1ccccc1CN(C(=O)CCc1ccccc1Cl)[C@@H](Cc1ccccc1)C(=O)NC(C)(C)C. The Hall–Kier alpha value is -3.11. The Morgan fingerprint density at radius 1 is 0.886 bits per heavy atom. The van der Waals surface area contributed by atoms with Gasteiger partial charge in [0, 0.05) is 29.9 Å². The maximum absolute atomic E-state index is 13.7. The van der Waals surface area contributed by atoms with Crippen LogP contribution in [0.1, 0.15) is 49.4 Å². The van der Waals surface area contributed by atoms with Gasteiger partial charge in [0.25, 0.3) is 0 Å². The van der Waals surface area contributed by atoms with E-state index in [1.165, 1.54) is 0 Å². The maximum Gasteiger partial charge on any atom is 0.243 e. The summed E-state index contributed by atoms with van der Waals surface area (Å²) < 4.78 is 0. The lowest BCUT2D eigenvalue weighted by atomic mass is 9.99. The minimum atomic E-state index is -0.644. The monoisotopic (exact) mass is 490 g/mol. The van der Waals surface area contributed by atoms with E-state index in [9.17, 15) is 9.59 Å². The third-order valence-corrected chi connectivity index (χ3v) is 6.31. The van der Waals surface area contributed by atoms with Gasteiger partial charge in [0.1, 0.15) is 6.04 Å². The predicted molar refractivity (Wildman–Crippen MR) is 143 cm³/mol. The van der Waals surface area contributed by atoms with Crippen molar-refractivity contribution in [1.29, 1.82) is 0 Å². The molecule has 0 aliphatic heterocycles. The lowest BCUT2D eigenvalue weighted by molar-refractivity contribution is -0.141. The number of hydrogen-bond acceptors (Lipinski definition) is 2. The van der Waals surface area contributed by atoms with Crippen LogP contribution in [-0.2, 0) is 29.0 Å². The zero-order valence-corrected chi connectivity index (χ0v) is 21.8. The van der Waals surface area contributed by atoms with Gasteiger partial charge in [-0.15, -0.1) is 0 Å². The molecule has 0 saturated heterocycles. The second kappa shape index (κ2) is 12.0. The summed E-state index contributed by atoms with van der Waals surface area (Å²) >= 11 is 6.34. The molecule has 5 heteroatoms. The molecule has 0 heterocycles. The number of nitrogens with one attached hydrogen (secondary N) is 1. The fourth-order valence-electron chi connectivity index (χ4n) is 4.06. The number of aryl methyl sites for hydroxylation is 2. The average Bonchev–Trinajstić information content (AvgIpc) is 2.81. The molecule has 0 spiro atoms. The highest BCUT2D eigenvalue weighted by atomic mass is 35.5.